The highest BCUT2D eigenvalue weighted by molar-refractivity contribution is 5.77. The molecule has 0 unspecified atom stereocenters. The van der Waals surface area contributed by atoms with Crippen molar-refractivity contribution in [1.82, 2.24) is 14.6 Å². The summed E-state index contributed by atoms with van der Waals surface area (Å²) in [7, 11) is 1.66. The number of fused-ring (bicyclic) bond motifs is 1. The van der Waals surface area contributed by atoms with Crippen LogP contribution in [0.3, 0.4) is 0 Å². The van der Waals surface area contributed by atoms with Gasteiger partial charge in [-0.15, -0.1) is 0 Å². The number of methoxy groups -OCH3 is 1. The Balaban J connectivity index is 0.000000704. The predicted octanol–water partition coefficient (Wildman–Crippen LogP) is 3.74. The molecule has 0 aliphatic carbocycles. The van der Waals surface area contributed by atoms with E-state index < -0.39 is 0 Å². The average Bonchev–Trinajstić information content (AvgIpc) is 2.89. The van der Waals surface area contributed by atoms with E-state index in [1.54, 1.807) is 11.6 Å². The molecule has 20 heavy (non-hydrogen) atoms. The third-order valence-electron chi connectivity index (χ3n) is 2.87. The molecule has 0 spiro atoms. The van der Waals surface area contributed by atoms with Gasteiger partial charge in [0.05, 0.1) is 7.11 Å². The second kappa shape index (κ2) is 6.19. The fourth-order valence-electron chi connectivity index (χ4n) is 2.01. The van der Waals surface area contributed by atoms with Crippen molar-refractivity contribution in [3.8, 4) is 16.9 Å². The van der Waals surface area contributed by atoms with Gasteiger partial charge in [-0.2, -0.15) is 5.10 Å². The van der Waals surface area contributed by atoms with Gasteiger partial charge in [-0.05, 0) is 36.8 Å². The lowest BCUT2D eigenvalue weighted by Gasteiger charge is -2.04. The number of nitrogens with zero attached hydrogens (tertiary/aromatic N) is 3. The minimum Gasteiger partial charge on any atom is -0.497 e. The first-order valence-electron chi connectivity index (χ1n) is 6.74. The summed E-state index contributed by atoms with van der Waals surface area (Å²) in [5, 5.41) is 4.31. The number of aryl methyl sites for hydroxylation is 1. The smallest absolute Gasteiger partial charge is 0.163 e. The van der Waals surface area contributed by atoms with Crippen molar-refractivity contribution in [2.24, 2.45) is 0 Å². The lowest BCUT2D eigenvalue weighted by atomic mass is 10.1. The molecule has 3 rings (SSSR count). The predicted molar refractivity (Wildman–Crippen MR) is 81.1 cm³/mol. The Morgan fingerprint density at radius 3 is 2.40 bits per heavy atom. The van der Waals surface area contributed by atoms with Gasteiger partial charge in [-0.3, -0.25) is 0 Å². The maximum Gasteiger partial charge on any atom is 0.163 e. The first kappa shape index (κ1) is 14.1. The zero-order chi connectivity index (χ0) is 14.5. The maximum atomic E-state index is 5.16. The highest BCUT2D eigenvalue weighted by atomic mass is 16.5. The summed E-state index contributed by atoms with van der Waals surface area (Å²) < 4.78 is 6.96. The van der Waals surface area contributed by atoms with Gasteiger partial charge in [0.25, 0.3) is 0 Å². The van der Waals surface area contributed by atoms with Gasteiger partial charge in [0.1, 0.15) is 11.6 Å². The van der Waals surface area contributed by atoms with Crippen LogP contribution in [-0.4, -0.2) is 21.7 Å². The van der Waals surface area contributed by atoms with Crippen molar-refractivity contribution < 1.29 is 4.74 Å². The van der Waals surface area contributed by atoms with Gasteiger partial charge in [0.2, 0.25) is 0 Å². The summed E-state index contributed by atoms with van der Waals surface area (Å²) in [5.41, 5.74) is 3.05. The third kappa shape index (κ3) is 2.64. The number of hydrogen-bond acceptors (Lipinski definition) is 3. The van der Waals surface area contributed by atoms with E-state index in [1.165, 1.54) is 0 Å². The van der Waals surface area contributed by atoms with Crippen molar-refractivity contribution in [3.05, 3.63) is 48.4 Å². The summed E-state index contributed by atoms with van der Waals surface area (Å²) >= 11 is 0. The molecule has 2 aromatic heterocycles. The molecule has 0 atom stereocenters. The Morgan fingerprint density at radius 2 is 1.75 bits per heavy atom. The lowest BCUT2D eigenvalue weighted by molar-refractivity contribution is 0.415. The summed E-state index contributed by atoms with van der Waals surface area (Å²) in [5.74, 6) is 1.62. The van der Waals surface area contributed by atoms with E-state index in [9.17, 15) is 0 Å². The zero-order valence-electron chi connectivity index (χ0n) is 12.3. The second-order valence-corrected chi connectivity index (χ2v) is 4.08. The fourth-order valence-corrected chi connectivity index (χ4v) is 2.01. The van der Waals surface area contributed by atoms with Crippen LogP contribution in [0, 0.1) is 6.92 Å². The summed E-state index contributed by atoms with van der Waals surface area (Å²) in [6.45, 7) is 5.89. The van der Waals surface area contributed by atoms with Gasteiger partial charge in [0, 0.05) is 11.8 Å². The van der Waals surface area contributed by atoms with Crippen molar-refractivity contribution in [3.63, 3.8) is 0 Å². The van der Waals surface area contributed by atoms with E-state index in [2.05, 4.69) is 10.1 Å². The number of rotatable bonds is 2. The van der Waals surface area contributed by atoms with Crippen molar-refractivity contribution in [1.29, 1.82) is 0 Å². The molecule has 2 heterocycles. The Hall–Kier alpha value is -2.36. The van der Waals surface area contributed by atoms with Gasteiger partial charge < -0.3 is 4.74 Å². The van der Waals surface area contributed by atoms with Gasteiger partial charge in [0.15, 0.2) is 5.65 Å². The quantitative estimate of drug-likeness (QED) is 0.711. The molecule has 0 bridgehead atoms. The number of hydrogen-bond donors (Lipinski definition) is 0. The molecule has 0 saturated carbocycles. The molecule has 0 amide bonds. The van der Waals surface area contributed by atoms with E-state index in [0.29, 0.717) is 0 Å². The Kier molecular flexibility index (Phi) is 4.35. The zero-order valence-corrected chi connectivity index (χ0v) is 12.3. The maximum absolute atomic E-state index is 5.16. The van der Waals surface area contributed by atoms with E-state index in [0.717, 1.165) is 28.3 Å². The summed E-state index contributed by atoms with van der Waals surface area (Å²) in [6.07, 6.45) is 1.91. The summed E-state index contributed by atoms with van der Waals surface area (Å²) in [4.78, 5) is 4.45. The van der Waals surface area contributed by atoms with Crippen LogP contribution >= 0.6 is 0 Å². The second-order valence-electron chi connectivity index (χ2n) is 4.08. The lowest BCUT2D eigenvalue weighted by Crippen LogP contribution is -1.89. The van der Waals surface area contributed by atoms with Gasteiger partial charge in [-0.25, -0.2) is 9.50 Å². The Bertz CT molecular complexity index is 687. The van der Waals surface area contributed by atoms with Crippen LogP contribution in [0.1, 0.15) is 19.7 Å². The molecule has 4 heteroatoms. The first-order valence-corrected chi connectivity index (χ1v) is 6.74. The molecule has 0 aliphatic heterocycles. The molecular formula is C16H19N3O. The SMILES string of the molecule is CC.COc1ccc(-c2cccn3nc(C)nc23)cc1. The molecule has 0 aliphatic rings. The normalized spacial score (nSPS) is 10.0. The van der Waals surface area contributed by atoms with Crippen molar-refractivity contribution in [2.45, 2.75) is 20.8 Å². The first-order chi connectivity index (χ1) is 9.78. The highest BCUT2D eigenvalue weighted by Crippen LogP contribution is 2.25. The standard InChI is InChI=1S/C14H13N3O.C2H6/c1-10-15-14-13(4-3-9-17(14)16-10)11-5-7-12(18-2)8-6-11;1-2/h3-9H,1-2H3;1-2H3. The molecule has 0 N–H and O–H groups in total. The molecule has 0 radical (unpaired) electrons. The molecule has 0 fully saturated rings. The third-order valence-corrected chi connectivity index (χ3v) is 2.87. The van der Waals surface area contributed by atoms with Crippen LogP contribution in [0.2, 0.25) is 0 Å². The van der Waals surface area contributed by atoms with Crippen LogP contribution < -0.4 is 4.74 Å². The van der Waals surface area contributed by atoms with E-state index >= 15 is 0 Å². The van der Waals surface area contributed by atoms with Crippen LogP contribution in [0.25, 0.3) is 16.8 Å². The van der Waals surface area contributed by atoms with Crippen molar-refractivity contribution in [2.75, 3.05) is 7.11 Å². The molecule has 1 aromatic carbocycles. The van der Waals surface area contributed by atoms with E-state index in [-0.39, 0.29) is 0 Å². The fraction of sp³-hybridized carbons (Fsp3) is 0.250. The van der Waals surface area contributed by atoms with Crippen LogP contribution in [0.15, 0.2) is 42.6 Å². The Labute approximate surface area is 119 Å². The number of pyridine rings is 1. The van der Waals surface area contributed by atoms with Crippen LogP contribution in [0.4, 0.5) is 0 Å². The van der Waals surface area contributed by atoms with Crippen molar-refractivity contribution >= 4 is 5.65 Å². The van der Waals surface area contributed by atoms with Crippen LogP contribution in [0.5, 0.6) is 5.75 Å². The largest absolute Gasteiger partial charge is 0.497 e. The van der Waals surface area contributed by atoms with Gasteiger partial charge in [-0.1, -0.05) is 26.0 Å². The highest BCUT2D eigenvalue weighted by Gasteiger charge is 2.07. The molecule has 104 valence electrons. The van der Waals surface area contributed by atoms with Crippen LogP contribution in [-0.2, 0) is 0 Å². The monoisotopic (exact) mass is 269 g/mol. The minimum absolute atomic E-state index is 0.774. The topological polar surface area (TPSA) is 39.4 Å². The molecule has 3 aromatic rings. The van der Waals surface area contributed by atoms with E-state index in [4.69, 9.17) is 4.74 Å². The summed E-state index contributed by atoms with van der Waals surface area (Å²) in [6, 6.07) is 12.0. The molecular weight excluding hydrogens is 250 g/mol. The van der Waals surface area contributed by atoms with E-state index in [1.807, 2.05) is 63.4 Å². The number of benzene rings is 1. The minimum atomic E-state index is 0.774. The van der Waals surface area contributed by atoms with Gasteiger partial charge >= 0.3 is 0 Å². The molecule has 4 nitrogen and oxygen atoms in total. The number of aromatic nitrogens is 3. The average molecular weight is 269 g/mol. The number of ether oxygens (including phenoxy) is 1. The Morgan fingerprint density at radius 1 is 1.05 bits per heavy atom. The molecule has 0 saturated heterocycles.